The fraction of sp³-hybridized carbons (Fsp3) is 0. The van der Waals surface area contributed by atoms with Gasteiger partial charge in [-0.05, 0) is 0 Å². The van der Waals surface area contributed by atoms with E-state index in [9.17, 15) is 0 Å². The molecule has 7 heavy (non-hydrogen) atoms. The minimum Gasteiger partial charge on any atom is -0.753 e. The third-order valence-corrected chi connectivity index (χ3v) is 0. The first kappa shape index (κ1) is 15.7. The van der Waals surface area contributed by atoms with Gasteiger partial charge in [0.05, 0.1) is 0 Å². The number of thiocarbonyl (C=S) groups is 2. The van der Waals surface area contributed by atoms with E-state index in [-0.39, 0.29) is 17.1 Å². The average Bonchev–Trinajstić information content (AvgIpc) is 1.39. The van der Waals surface area contributed by atoms with Gasteiger partial charge in [-0.2, -0.15) is 10.3 Å². The molecule has 0 aromatic carbocycles. The second-order valence-corrected chi connectivity index (χ2v) is 0.548. The summed E-state index contributed by atoms with van der Waals surface area (Å²) in [5.74, 6) is 0. The summed E-state index contributed by atoms with van der Waals surface area (Å²) >= 11 is 7.40. The first-order valence-electron chi connectivity index (χ1n) is 0.855. The van der Waals surface area contributed by atoms with Gasteiger partial charge in [0.15, 0.2) is 0 Å². The molecule has 0 heterocycles. The first-order chi connectivity index (χ1) is 2.83. The van der Waals surface area contributed by atoms with E-state index >= 15 is 0 Å². The SMILES string of the molecule is [Fe+2].[N-]=C=S.[N-]=C=S. The number of isothiocyanates is 2. The van der Waals surface area contributed by atoms with E-state index < -0.39 is 0 Å². The first-order valence-corrected chi connectivity index (χ1v) is 1.67. The quantitative estimate of drug-likeness (QED) is 0.314. The third kappa shape index (κ3) is 7270. The molecule has 0 aromatic heterocycles. The number of hydrogen-bond donors (Lipinski definition) is 0. The molecule has 0 N–H and O–H groups in total. The standard InChI is InChI=1S/2CNS.Fe/c2*2-1-3;/q2*-1;+2. The van der Waals surface area contributed by atoms with Crippen LogP contribution in [0.15, 0.2) is 0 Å². The minimum absolute atomic E-state index is 0. The zero-order valence-corrected chi connectivity index (χ0v) is 5.80. The molecular weight excluding hydrogens is 172 g/mol. The molecule has 5 heteroatoms. The van der Waals surface area contributed by atoms with Crippen molar-refractivity contribution in [3.05, 3.63) is 10.8 Å². The molecule has 0 aliphatic rings. The van der Waals surface area contributed by atoms with E-state index in [1.54, 1.807) is 0 Å². The van der Waals surface area contributed by atoms with E-state index in [0.29, 0.717) is 0 Å². The molecule has 0 aliphatic carbocycles. The van der Waals surface area contributed by atoms with Crippen molar-refractivity contribution >= 4 is 34.8 Å². The predicted molar refractivity (Wildman–Crippen MR) is 31.9 cm³/mol. The van der Waals surface area contributed by atoms with Crippen LogP contribution in [-0.2, 0) is 17.1 Å². The van der Waals surface area contributed by atoms with Gasteiger partial charge < -0.3 is 10.8 Å². The monoisotopic (exact) mass is 172 g/mol. The largest absolute Gasteiger partial charge is 2.00 e. The number of nitrogens with zero attached hydrogens (tertiary/aromatic N) is 2. The van der Waals surface area contributed by atoms with Gasteiger partial charge in [0.2, 0.25) is 0 Å². The fourth-order valence-electron chi connectivity index (χ4n) is 0. The van der Waals surface area contributed by atoms with E-state index in [0.717, 1.165) is 0 Å². The average molecular weight is 172 g/mol. The summed E-state index contributed by atoms with van der Waals surface area (Å²) in [4.78, 5) is 0. The predicted octanol–water partition coefficient (Wildman–Crippen LogP) is 1.31. The molecule has 0 spiro atoms. The van der Waals surface area contributed by atoms with Crippen LogP contribution in [0.3, 0.4) is 0 Å². The molecule has 0 aliphatic heterocycles. The van der Waals surface area contributed by atoms with Crippen molar-refractivity contribution < 1.29 is 17.1 Å². The number of hydrogen-bond acceptors (Lipinski definition) is 2. The minimum atomic E-state index is 0. The Kier molecular flexibility index (Phi) is 80.1. The zero-order valence-electron chi connectivity index (χ0n) is 3.06. The molecule has 38 valence electrons. The van der Waals surface area contributed by atoms with E-state index in [2.05, 4.69) is 24.4 Å². The topological polar surface area (TPSA) is 44.6 Å². The van der Waals surface area contributed by atoms with Crippen molar-refractivity contribution in [3.8, 4) is 0 Å². The molecule has 0 amide bonds. The molecule has 0 saturated heterocycles. The van der Waals surface area contributed by atoms with Gasteiger partial charge in [-0.15, -0.1) is 0 Å². The van der Waals surface area contributed by atoms with Crippen LogP contribution in [0.4, 0.5) is 0 Å². The van der Waals surface area contributed by atoms with Crippen molar-refractivity contribution in [3.63, 3.8) is 0 Å². The summed E-state index contributed by atoms with van der Waals surface area (Å²) in [7, 11) is 0. The van der Waals surface area contributed by atoms with Gasteiger partial charge in [-0.3, -0.25) is 0 Å². The molecule has 0 bridgehead atoms. The molecule has 0 aromatic rings. The summed E-state index contributed by atoms with van der Waals surface area (Å²) in [6.45, 7) is 0. The molecule has 0 fully saturated rings. The van der Waals surface area contributed by atoms with Crippen molar-refractivity contribution in [1.29, 1.82) is 0 Å². The Morgan fingerprint density at radius 2 is 1.00 bits per heavy atom. The maximum Gasteiger partial charge on any atom is 2.00 e. The van der Waals surface area contributed by atoms with Crippen LogP contribution in [0, 0.1) is 0 Å². The third-order valence-electron chi connectivity index (χ3n) is 0. The van der Waals surface area contributed by atoms with Gasteiger partial charge in [0.1, 0.15) is 0 Å². The molecule has 0 radical (unpaired) electrons. The van der Waals surface area contributed by atoms with E-state index in [4.69, 9.17) is 10.8 Å². The van der Waals surface area contributed by atoms with Gasteiger partial charge in [0, 0.05) is 0 Å². The maximum atomic E-state index is 7.13. The summed E-state index contributed by atoms with van der Waals surface area (Å²) in [6.07, 6.45) is 0. The maximum absolute atomic E-state index is 7.13. The molecule has 0 unspecified atom stereocenters. The zero-order chi connectivity index (χ0) is 5.41. The Bertz CT molecular complexity index is 67.7. The van der Waals surface area contributed by atoms with Crippen LogP contribution in [0.2, 0.25) is 0 Å². The van der Waals surface area contributed by atoms with Crippen LogP contribution in [0.5, 0.6) is 0 Å². The van der Waals surface area contributed by atoms with Crippen molar-refractivity contribution in [2.75, 3.05) is 0 Å². The van der Waals surface area contributed by atoms with Gasteiger partial charge in [-0.25, -0.2) is 0 Å². The van der Waals surface area contributed by atoms with Crippen LogP contribution >= 0.6 is 24.4 Å². The van der Waals surface area contributed by atoms with Gasteiger partial charge in [0.25, 0.3) is 0 Å². The van der Waals surface area contributed by atoms with Crippen LogP contribution < -0.4 is 0 Å². The Balaban J connectivity index is -0.0000000400. The van der Waals surface area contributed by atoms with Crippen LogP contribution in [-0.4, -0.2) is 10.3 Å². The van der Waals surface area contributed by atoms with Gasteiger partial charge in [-0.1, -0.05) is 24.4 Å². The van der Waals surface area contributed by atoms with Gasteiger partial charge >= 0.3 is 17.1 Å². The summed E-state index contributed by atoms with van der Waals surface area (Å²) in [6, 6.07) is 0. The van der Waals surface area contributed by atoms with Crippen LogP contribution in [0.25, 0.3) is 10.8 Å². The van der Waals surface area contributed by atoms with Crippen molar-refractivity contribution in [2.45, 2.75) is 0 Å². The Morgan fingerprint density at radius 1 is 1.00 bits per heavy atom. The van der Waals surface area contributed by atoms with Crippen molar-refractivity contribution in [2.24, 2.45) is 0 Å². The van der Waals surface area contributed by atoms with E-state index in [1.165, 1.54) is 10.3 Å². The molecule has 0 saturated carbocycles. The van der Waals surface area contributed by atoms with E-state index in [1.807, 2.05) is 0 Å². The second kappa shape index (κ2) is 35.7. The fourth-order valence-corrected chi connectivity index (χ4v) is 0. The normalized spacial score (nSPS) is 2.29. The summed E-state index contributed by atoms with van der Waals surface area (Å²) in [5.41, 5.74) is 0. The summed E-state index contributed by atoms with van der Waals surface area (Å²) in [5, 5.41) is 16.9. The molecule has 0 atom stereocenters. The Morgan fingerprint density at radius 3 is 1.00 bits per heavy atom. The summed E-state index contributed by atoms with van der Waals surface area (Å²) < 4.78 is 0. The van der Waals surface area contributed by atoms with Crippen molar-refractivity contribution in [1.82, 2.24) is 0 Å². The second-order valence-electron chi connectivity index (χ2n) is 0.183. The van der Waals surface area contributed by atoms with Crippen LogP contribution in [0.1, 0.15) is 0 Å². The Labute approximate surface area is 62.8 Å². The molecule has 0 rings (SSSR count). The smallest absolute Gasteiger partial charge is 0.753 e. The number of rotatable bonds is 0. The molecule has 2 nitrogen and oxygen atoms in total. The molecular formula is C2FeN2S2. The Hall–Kier alpha value is 0.119.